The quantitative estimate of drug-likeness (QED) is 0.766. The molecular weight excluding hydrogens is 186 g/mol. The summed E-state index contributed by atoms with van der Waals surface area (Å²) >= 11 is 1.27. The van der Waals surface area contributed by atoms with E-state index in [1.165, 1.54) is 11.5 Å². The number of anilines is 1. The van der Waals surface area contributed by atoms with Crippen LogP contribution >= 0.6 is 11.5 Å². The van der Waals surface area contributed by atoms with Gasteiger partial charge in [0.15, 0.2) is 0 Å². The van der Waals surface area contributed by atoms with Crippen LogP contribution in [0.2, 0.25) is 0 Å². The zero-order valence-electron chi connectivity index (χ0n) is 7.70. The summed E-state index contributed by atoms with van der Waals surface area (Å²) < 4.78 is 4.04. The van der Waals surface area contributed by atoms with Crippen LogP contribution in [0.5, 0.6) is 0 Å². The van der Waals surface area contributed by atoms with Gasteiger partial charge in [0.1, 0.15) is 5.00 Å². The van der Waals surface area contributed by atoms with E-state index in [1.807, 2.05) is 19.9 Å². The fourth-order valence-corrected chi connectivity index (χ4v) is 1.49. The van der Waals surface area contributed by atoms with E-state index < -0.39 is 6.04 Å². The van der Waals surface area contributed by atoms with E-state index in [2.05, 4.69) is 9.69 Å². The largest absolute Gasteiger partial charge is 0.320 e. The number of nitrogens with two attached hydrogens (primary N) is 1. The first-order chi connectivity index (χ1) is 6.13. The molecule has 1 heterocycles. The van der Waals surface area contributed by atoms with Gasteiger partial charge in [-0.2, -0.15) is 4.37 Å². The third kappa shape index (κ3) is 2.78. The van der Waals surface area contributed by atoms with E-state index >= 15 is 0 Å². The molecule has 1 atom stereocenters. The Kier molecular flexibility index (Phi) is 3.39. The van der Waals surface area contributed by atoms with E-state index in [0.29, 0.717) is 6.42 Å². The number of rotatable bonds is 3. The number of aromatic nitrogens is 1. The van der Waals surface area contributed by atoms with Crippen molar-refractivity contribution in [2.75, 3.05) is 5.32 Å². The molecule has 0 saturated heterocycles. The van der Waals surface area contributed by atoms with Crippen LogP contribution < -0.4 is 11.1 Å². The van der Waals surface area contributed by atoms with Crippen LogP contribution in [0.15, 0.2) is 6.07 Å². The number of carbonyl (C=O) groups is 1. The van der Waals surface area contributed by atoms with Crippen molar-refractivity contribution in [3.05, 3.63) is 11.8 Å². The van der Waals surface area contributed by atoms with Gasteiger partial charge in [-0.05, 0) is 30.9 Å². The van der Waals surface area contributed by atoms with Crippen molar-refractivity contribution in [3.63, 3.8) is 0 Å². The maximum Gasteiger partial charge on any atom is 0.241 e. The van der Waals surface area contributed by atoms with Crippen molar-refractivity contribution in [1.82, 2.24) is 4.37 Å². The predicted octanol–water partition coefficient (Wildman–Crippen LogP) is 1.13. The Labute approximate surface area is 81.3 Å². The number of amides is 1. The monoisotopic (exact) mass is 199 g/mol. The predicted molar refractivity (Wildman–Crippen MR) is 53.7 cm³/mol. The first-order valence-corrected chi connectivity index (χ1v) is 4.90. The molecule has 72 valence electrons. The Morgan fingerprint density at radius 1 is 1.85 bits per heavy atom. The average molecular weight is 199 g/mol. The summed E-state index contributed by atoms with van der Waals surface area (Å²) in [6.07, 6.45) is 0.642. The molecule has 0 radical (unpaired) electrons. The molecule has 4 nitrogen and oxygen atoms in total. The molecule has 1 unspecified atom stereocenters. The van der Waals surface area contributed by atoms with E-state index in [4.69, 9.17) is 5.73 Å². The number of nitrogens with one attached hydrogen (secondary N) is 1. The Balaban J connectivity index is 2.54. The highest BCUT2D eigenvalue weighted by Crippen LogP contribution is 2.15. The van der Waals surface area contributed by atoms with Gasteiger partial charge in [0.2, 0.25) is 5.91 Å². The number of nitrogens with zero attached hydrogens (tertiary/aromatic N) is 1. The second kappa shape index (κ2) is 4.34. The lowest BCUT2D eigenvalue weighted by molar-refractivity contribution is -0.117. The van der Waals surface area contributed by atoms with Gasteiger partial charge in [-0.15, -0.1) is 0 Å². The minimum absolute atomic E-state index is 0.147. The molecule has 3 N–H and O–H groups in total. The lowest BCUT2D eigenvalue weighted by Gasteiger charge is -2.06. The smallest absolute Gasteiger partial charge is 0.241 e. The van der Waals surface area contributed by atoms with Crippen LogP contribution in [0, 0.1) is 6.92 Å². The molecule has 0 fully saturated rings. The molecule has 13 heavy (non-hydrogen) atoms. The van der Waals surface area contributed by atoms with Crippen LogP contribution in [-0.4, -0.2) is 16.3 Å². The normalized spacial score (nSPS) is 12.5. The standard InChI is InChI=1S/C8H13N3OS/c1-3-6(9)8(12)10-7-4-5(2)11-13-7/h4,6H,3,9H2,1-2H3,(H,10,12). The Morgan fingerprint density at radius 3 is 3.00 bits per heavy atom. The van der Waals surface area contributed by atoms with Gasteiger partial charge in [0, 0.05) is 0 Å². The van der Waals surface area contributed by atoms with Gasteiger partial charge in [0.25, 0.3) is 0 Å². The molecule has 0 bridgehead atoms. The molecule has 0 spiro atoms. The molecule has 1 rings (SSSR count). The molecule has 0 saturated carbocycles. The van der Waals surface area contributed by atoms with Gasteiger partial charge >= 0.3 is 0 Å². The van der Waals surface area contributed by atoms with Gasteiger partial charge in [0.05, 0.1) is 11.7 Å². The number of aryl methyl sites for hydroxylation is 1. The third-order valence-corrected chi connectivity index (χ3v) is 2.45. The SMILES string of the molecule is CCC(N)C(=O)Nc1cc(C)ns1. The Morgan fingerprint density at radius 2 is 2.54 bits per heavy atom. The van der Waals surface area contributed by atoms with Crippen molar-refractivity contribution < 1.29 is 4.79 Å². The van der Waals surface area contributed by atoms with Crippen LogP contribution in [0.25, 0.3) is 0 Å². The molecule has 0 aliphatic heterocycles. The van der Waals surface area contributed by atoms with Crippen molar-refractivity contribution in [1.29, 1.82) is 0 Å². The first kappa shape index (κ1) is 10.1. The molecule has 1 aromatic rings. The van der Waals surface area contributed by atoms with E-state index in [0.717, 1.165) is 10.7 Å². The first-order valence-electron chi connectivity index (χ1n) is 4.13. The highest BCUT2D eigenvalue weighted by atomic mass is 32.1. The Bertz CT molecular complexity index is 297. The highest BCUT2D eigenvalue weighted by molar-refractivity contribution is 7.10. The number of hydrogen-bond donors (Lipinski definition) is 2. The van der Waals surface area contributed by atoms with Gasteiger partial charge in [-0.25, -0.2) is 0 Å². The van der Waals surface area contributed by atoms with E-state index in [1.54, 1.807) is 0 Å². The zero-order valence-corrected chi connectivity index (χ0v) is 8.52. The molecule has 1 aromatic heterocycles. The highest BCUT2D eigenvalue weighted by Gasteiger charge is 2.11. The van der Waals surface area contributed by atoms with Crippen molar-refractivity contribution in [3.8, 4) is 0 Å². The molecular formula is C8H13N3OS. The molecule has 0 aliphatic carbocycles. The molecule has 5 heteroatoms. The molecule has 0 aliphatic rings. The fraction of sp³-hybridized carbons (Fsp3) is 0.500. The topological polar surface area (TPSA) is 68.0 Å². The summed E-state index contributed by atoms with van der Waals surface area (Å²) in [5.74, 6) is -0.147. The second-order valence-corrected chi connectivity index (χ2v) is 3.64. The number of hydrogen-bond acceptors (Lipinski definition) is 4. The Hall–Kier alpha value is -0.940. The average Bonchev–Trinajstić information content (AvgIpc) is 2.49. The zero-order chi connectivity index (χ0) is 9.84. The van der Waals surface area contributed by atoms with Crippen LogP contribution in [0.1, 0.15) is 19.0 Å². The lowest BCUT2D eigenvalue weighted by atomic mass is 10.2. The third-order valence-electron chi connectivity index (χ3n) is 1.65. The summed E-state index contributed by atoms with van der Waals surface area (Å²) in [5, 5.41) is 3.46. The van der Waals surface area contributed by atoms with Crippen molar-refractivity contribution >= 4 is 22.4 Å². The minimum Gasteiger partial charge on any atom is -0.320 e. The summed E-state index contributed by atoms with van der Waals surface area (Å²) in [7, 11) is 0. The van der Waals surface area contributed by atoms with E-state index in [9.17, 15) is 4.79 Å². The maximum atomic E-state index is 11.3. The van der Waals surface area contributed by atoms with Crippen LogP contribution in [0.3, 0.4) is 0 Å². The lowest BCUT2D eigenvalue weighted by Crippen LogP contribution is -2.34. The van der Waals surface area contributed by atoms with Gasteiger partial charge in [-0.3, -0.25) is 4.79 Å². The molecule has 1 amide bonds. The summed E-state index contributed by atoms with van der Waals surface area (Å²) in [5.41, 5.74) is 6.45. The summed E-state index contributed by atoms with van der Waals surface area (Å²) in [6, 6.07) is 1.40. The second-order valence-electron chi connectivity index (χ2n) is 2.84. The van der Waals surface area contributed by atoms with Gasteiger partial charge < -0.3 is 11.1 Å². The van der Waals surface area contributed by atoms with Crippen molar-refractivity contribution in [2.45, 2.75) is 26.3 Å². The van der Waals surface area contributed by atoms with Crippen molar-refractivity contribution in [2.24, 2.45) is 5.73 Å². The summed E-state index contributed by atoms with van der Waals surface area (Å²) in [6.45, 7) is 3.76. The maximum absolute atomic E-state index is 11.3. The number of carbonyl (C=O) groups excluding carboxylic acids is 1. The summed E-state index contributed by atoms with van der Waals surface area (Å²) in [4.78, 5) is 11.3. The molecule has 0 aromatic carbocycles. The van der Waals surface area contributed by atoms with Crippen LogP contribution in [0.4, 0.5) is 5.00 Å². The van der Waals surface area contributed by atoms with Crippen LogP contribution in [-0.2, 0) is 4.79 Å². The van der Waals surface area contributed by atoms with E-state index in [-0.39, 0.29) is 5.91 Å². The minimum atomic E-state index is -0.428. The fourth-order valence-electron chi connectivity index (χ4n) is 0.822. The van der Waals surface area contributed by atoms with Gasteiger partial charge in [-0.1, -0.05) is 6.92 Å².